The maximum atomic E-state index is 11.7. The summed E-state index contributed by atoms with van der Waals surface area (Å²) >= 11 is 0. The lowest BCUT2D eigenvalue weighted by Gasteiger charge is -2.09. The number of amides is 3. The summed E-state index contributed by atoms with van der Waals surface area (Å²) in [4.78, 5) is 27.3. The minimum absolute atomic E-state index is 0.282. The van der Waals surface area contributed by atoms with E-state index in [9.17, 15) is 9.59 Å². The largest absolute Gasteiger partial charge is 0.481 e. The van der Waals surface area contributed by atoms with Gasteiger partial charge in [0.2, 0.25) is 5.88 Å². The van der Waals surface area contributed by atoms with E-state index < -0.39 is 6.03 Å². The first-order chi connectivity index (χ1) is 10.7. The Morgan fingerprint density at radius 3 is 2.50 bits per heavy atom. The normalized spacial score (nSPS) is 9.68. The molecule has 3 N–H and O–H groups in total. The fourth-order valence-electron chi connectivity index (χ4n) is 1.64. The van der Waals surface area contributed by atoms with Crippen molar-refractivity contribution < 1.29 is 14.3 Å². The number of methoxy groups -OCH3 is 1. The SMILES string of the molecule is COc1ccc(CNC(=O)NNC(=O)c2ccccc2)cn1. The zero-order valence-electron chi connectivity index (χ0n) is 12.0. The molecule has 0 spiro atoms. The zero-order valence-corrected chi connectivity index (χ0v) is 12.0. The van der Waals surface area contributed by atoms with Crippen molar-refractivity contribution in [3.8, 4) is 5.88 Å². The van der Waals surface area contributed by atoms with Gasteiger partial charge in [-0.1, -0.05) is 24.3 Å². The molecule has 7 nitrogen and oxygen atoms in total. The summed E-state index contributed by atoms with van der Waals surface area (Å²) in [5, 5.41) is 2.60. The van der Waals surface area contributed by atoms with Crippen molar-refractivity contribution in [3.05, 3.63) is 59.8 Å². The van der Waals surface area contributed by atoms with E-state index in [0.717, 1.165) is 5.56 Å². The Kier molecular flexibility index (Phi) is 5.31. The fourth-order valence-corrected chi connectivity index (χ4v) is 1.64. The molecule has 2 rings (SSSR count). The molecule has 0 saturated carbocycles. The number of benzene rings is 1. The van der Waals surface area contributed by atoms with Crippen LogP contribution in [0.5, 0.6) is 5.88 Å². The van der Waals surface area contributed by atoms with Gasteiger partial charge in [-0.05, 0) is 17.7 Å². The van der Waals surface area contributed by atoms with Crippen LogP contribution in [0.2, 0.25) is 0 Å². The van der Waals surface area contributed by atoms with E-state index in [2.05, 4.69) is 21.2 Å². The minimum atomic E-state index is -0.514. The van der Waals surface area contributed by atoms with Gasteiger partial charge < -0.3 is 10.1 Å². The smallest absolute Gasteiger partial charge is 0.333 e. The topological polar surface area (TPSA) is 92.4 Å². The second kappa shape index (κ2) is 7.63. The van der Waals surface area contributed by atoms with Gasteiger partial charge in [0.25, 0.3) is 5.91 Å². The lowest BCUT2D eigenvalue weighted by Crippen LogP contribution is -2.46. The van der Waals surface area contributed by atoms with Crippen molar-refractivity contribution >= 4 is 11.9 Å². The predicted octanol–water partition coefficient (Wildman–Crippen LogP) is 1.23. The summed E-state index contributed by atoms with van der Waals surface area (Å²) in [6, 6.07) is 11.6. The third-order valence-corrected chi connectivity index (χ3v) is 2.79. The van der Waals surface area contributed by atoms with E-state index in [0.29, 0.717) is 11.4 Å². The van der Waals surface area contributed by atoms with Gasteiger partial charge in [0.15, 0.2) is 0 Å². The molecule has 3 amide bonds. The second-order valence-electron chi connectivity index (χ2n) is 4.34. The Morgan fingerprint density at radius 1 is 1.09 bits per heavy atom. The van der Waals surface area contributed by atoms with E-state index >= 15 is 0 Å². The van der Waals surface area contributed by atoms with Crippen molar-refractivity contribution in [2.45, 2.75) is 6.54 Å². The van der Waals surface area contributed by atoms with Gasteiger partial charge in [-0.25, -0.2) is 15.2 Å². The number of carbonyl (C=O) groups is 2. The molecule has 1 aromatic carbocycles. The summed E-state index contributed by atoms with van der Waals surface area (Å²) in [7, 11) is 1.53. The molecule has 0 aliphatic carbocycles. The Balaban J connectivity index is 1.74. The number of rotatable bonds is 4. The van der Waals surface area contributed by atoms with Crippen LogP contribution in [0.4, 0.5) is 4.79 Å². The zero-order chi connectivity index (χ0) is 15.8. The third-order valence-electron chi connectivity index (χ3n) is 2.79. The minimum Gasteiger partial charge on any atom is -0.481 e. The van der Waals surface area contributed by atoms with E-state index in [1.165, 1.54) is 7.11 Å². The molecule has 0 fully saturated rings. The van der Waals surface area contributed by atoms with Gasteiger partial charge in [0.1, 0.15) is 0 Å². The molecule has 0 atom stereocenters. The van der Waals surface area contributed by atoms with Crippen molar-refractivity contribution in [1.82, 2.24) is 21.2 Å². The molecule has 0 bridgehead atoms. The number of nitrogens with one attached hydrogen (secondary N) is 3. The van der Waals surface area contributed by atoms with Gasteiger partial charge in [-0.2, -0.15) is 0 Å². The predicted molar refractivity (Wildman–Crippen MR) is 80.1 cm³/mol. The number of pyridine rings is 1. The summed E-state index contributed by atoms with van der Waals surface area (Å²) in [6.07, 6.45) is 1.60. The Hall–Kier alpha value is -3.09. The average Bonchev–Trinajstić information content (AvgIpc) is 2.59. The molecule has 0 aliphatic rings. The Bertz CT molecular complexity index is 629. The van der Waals surface area contributed by atoms with Gasteiger partial charge in [-0.3, -0.25) is 10.2 Å². The third kappa shape index (κ3) is 4.48. The quantitative estimate of drug-likeness (QED) is 0.741. The van der Waals surface area contributed by atoms with Crippen LogP contribution in [-0.4, -0.2) is 24.0 Å². The molecule has 0 saturated heterocycles. The molecule has 2 aromatic rings. The van der Waals surface area contributed by atoms with Crippen LogP contribution in [0.3, 0.4) is 0 Å². The molecular formula is C15H16N4O3. The van der Waals surface area contributed by atoms with E-state index in [-0.39, 0.29) is 12.5 Å². The number of urea groups is 1. The van der Waals surface area contributed by atoms with E-state index in [1.54, 1.807) is 48.7 Å². The highest BCUT2D eigenvalue weighted by molar-refractivity contribution is 5.95. The van der Waals surface area contributed by atoms with Crippen molar-refractivity contribution in [2.75, 3.05) is 7.11 Å². The number of carbonyl (C=O) groups excluding carboxylic acids is 2. The molecule has 114 valence electrons. The van der Waals surface area contributed by atoms with Crippen LogP contribution in [0.15, 0.2) is 48.7 Å². The number of nitrogens with zero attached hydrogens (tertiary/aromatic N) is 1. The lowest BCUT2D eigenvalue weighted by molar-refractivity contribution is 0.0936. The molecule has 22 heavy (non-hydrogen) atoms. The maximum Gasteiger partial charge on any atom is 0.333 e. The molecule has 1 aromatic heterocycles. The average molecular weight is 300 g/mol. The van der Waals surface area contributed by atoms with Crippen LogP contribution in [-0.2, 0) is 6.54 Å². The first-order valence-electron chi connectivity index (χ1n) is 6.57. The number of aromatic nitrogens is 1. The van der Waals surface area contributed by atoms with Gasteiger partial charge in [0, 0.05) is 24.4 Å². The number of hydrazine groups is 1. The first kappa shape index (κ1) is 15.3. The summed E-state index contributed by atoms with van der Waals surface area (Å²) in [5.41, 5.74) is 5.87. The van der Waals surface area contributed by atoms with Crippen LogP contribution in [0.25, 0.3) is 0 Å². The second-order valence-corrected chi connectivity index (χ2v) is 4.34. The molecule has 1 heterocycles. The first-order valence-corrected chi connectivity index (χ1v) is 6.57. The van der Waals surface area contributed by atoms with Crippen LogP contribution >= 0.6 is 0 Å². The molecule has 0 radical (unpaired) electrons. The van der Waals surface area contributed by atoms with Crippen LogP contribution < -0.4 is 20.9 Å². The van der Waals surface area contributed by atoms with Crippen LogP contribution in [0.1, 0.15) is 15.9 Å². The highest BCUT2D eigenvalue weighted by atomic mass is 16.5. The van der Waals surface area contributed by atoms with Crippen molar-refractivity contribution in [1.29, 1.82) is 0 Å². The summed E-state index contributed by atoms with van der Waals surface area (Å²) in [5.74, 6) is 0.116. The fraction of sp³-hybridized carbons (Fsp3) is 0.133. The molecule has 0 aliphatic heterocycles. The van der Waals surface area contributed by atoms with Gasteiger partial charge >= 0.3 is 6.03 Å². The maximum absolute atomic E-state index is 11.7. The molecule has 0 unspecified atom stereocenters. The number of hydrogen-bond donors (Lipinski definition) is 3. The van der Waals surface area contributed by atoms with Crippen molar-refractivity contribution in [2.24, 2.45) is 0 Å². The van der Waals surface area contributed by atoms with E-state index in [1.807, 2.05) is 0 Å². The standard InChI is InChI=1S/C15H16N4O3/c1-22-13-8-7-11(9-16-13)10-17-15(21)19-18-14(20)12-5-3-2-4-6-12/h2-9H,10H2,1H3,(H,18,20)(H2,17,19,21). The monoisotopic (exact) mass is 300 g/mol. The van der Waals surface area contributed by atoms with Gasteiger partial charge in [-0.15, -0.1) is 0 Å². The summed E-state index contributed by atoms with van der Waals surface area (Å²) in [6.45, 7) is 0.282. The molecular weight excluding hydrogens is 284 g/mol. The highest BCUT2D eigenvalue weighted by Crippen LogP contribution is 2.05. The van der Waals surface area contributed by atoms with E-state index in [4.69, 9.17) is 4.74 Å². The Labute approximate surface area is 127 Å². The lowest BCUT2D eigenvalue weighted by atomic mass is 10.2. The van der Waals surface area contributed by atoms with Crippen LogP contribution in [0, 0.1) is 0 Å². The summed E-state index contributed by atoms with van der Waals surface area (Å²) < 4.78 is 4.94. The van der Waals surface area contributed by atoms with Crippen molar-refractivity contribution in [3.63, 3.8) is 0 Å². The number of hydrogen-bond acceptors (Lipinski definition) is 4. The Morgan fingerprint density at radius 2 is 1.86 bits per heavy atom. The number of ether oxygens (including phenoxy) is 1. The highest BCUT2D eigenvalue weighted by Gasteiger charge is 2.06. The molecule has 7 heteroatoms. The van der Waals surface area contributed by atoms with Gasteiger partial charge in [0.05, 0.1) is 7.11 Å².